The number of carbonyl (C=O) groups is 4. The molecular weight excluding hydrogens is 580 g/mol. The van der Waals surface area contributed by atoms with E-state index in [1.165, 1.54) is 0 Å². The number of ether oxygens (including phenoxy) is 4. The minimum Gasteiger partial charge on any atom is -0.491 e. The molecule has 2 aromatic carbocycles. The molecule has 1 fully saturated rings. The van der Waals surface area contributed by atoms with Crippen molar-refractivity contribution < 1.29 is 38.1 Å². The fraction of sp³-hybridized carbons (Fsp3) is 0.515. The molecule has 45 heavy (non-hydrogen) atoms. The summed E-state index contributed by atoms with van der Waals surface area (Å²) in [7, 11) is 3.11. The average molecular weight is 627 g/mol. The Labute approximate surface area is 264 Å². The van der Waals surface area contributed by atoms with Gasteiger partial charge in [0.1, 0.15) is 24.7 Å². The maximum Gasteiger partial charge on any atom is 0.237 e. The fourth-order valence-corrected chi connectivity index (χ4v) is 5.02. The molecular formula is C33H46N4O8. The van der Waals surface area contributed by atoms with Gasteiger partial charge in [-0.15, -0.1) is 0 Å². The third kappa shape index (κ3) is 10.9. The van der Waals surface area contributed by atoms with E-state index in [4.69, 9.17) is 30.4 Å². The highest BCUT2D eigenvalue weighted by atomic mass is 16.5. The van der Waals surface area contributed by atoms with E-state index < -0.39 is 11.9 Å². The lowest BCUT2D eigenvalue weighted by Crippen LogP contribution is -2.42. The van der Waals surface area contributed by atoms with Crippen molar-refractivity contribution in [1.82, 2.24) is 10.6 Å². The smallest absolute Gasteiger partial charge is 0.237 e. The van der Waals surface area contributed by atoms with Crippen LogP contribution >= 0.6 is 0 Å². The van der Waals surface area contributed by atoms with Crippen molar-refractivity contribution in [3.63, 3.8) is 0 Å². The van der Waals surface area contributed by atoms with E-state index in [-0.39, 0.29) is 49.7 Å². The standard InChI is InChI=1S/C33H46N4O8/c1-42-14-16-44-30-18-23(28(38)20-36-32(40)22-6-3-4-7-22)9-11-25(30)26-12-10-24(19-31(26)45-17-15-43-2)29(39)21-37-33(41)27(35)8-5-13-34/h9-12,18-19,22,27H,3-8,13-17,20-21,34-35H2,1-2H3,(H,36,40)(H,37,41). The van der Waals surface area contributed by atoms with Crippen molar-refractivity contribution >= 4 is 23.4 Å². The monoisotopic (exact) mass is 626 g/mol. The van der Waals surface area contributed by atoms with Crippen LogP contribution in [-0.4, -0.2) is 89.7 Å². The van der Waals surface area contributed by atoms with Gasteiger partial charge in [0.2, 0.25) is 11.8 Å². The SMILES string of the molecule is COCCOc1cc(C(=O)CNC(=O)C(N)CCCN)ccc1-c1ccc(C(=O)CNC(=O)C2CCCC2)cc1OCCOC. The quantitative estimate of drug-likeness (QED) is 0.126. The lowest BCUT2D eigenvalue weighted by atomic mass is 9.97. The lowest BCUT2D eigenvalue weighted by Gasteiger charge is -2.18. The number of hydrogen-bond acceptors (Lipinski definition) is 10. The Kier molecular flexibility index (Phi) is 14.9. The minimum atomic E-state index is -0.744. The van der Waals surface area contributed by atoms with E-state index in [1.807, 2.05) is 0 Å². The number of hydrogen-bond donors (Lipinski definition) is 4. The first-order chi connectivity index (χ1) is 21.8. The summed E-state index contributed by atoms with van der Waals surface area (Å²) in [6.07, 6.45) is 4.80. The highest BCUT2D eigenvalue weighted by molar-refractivity contribution is 6.02. The molecule has 1 aliphatic carbocycles. The molecule has 1 unspecified atom stereocenters. The largest absolute Gasteiger partial charge is 0.491 e. The highest BCUT2D eigenvalue weighted by Crippen LogP contribution is 2.38. The van der Waals surface area contributed by atoms with Crippen LogP contribution < -0.4 is 31.6 Å². The van der Waals surface area contributed by atoms with Crippen LogP contribution in [0.4, 0.5) is 0 Å². The Morgan fingerprint density at radius 1 is 0.800 bits per heavy atom. The molecule has 12 nitrogen and oxygen atoms in total. The van der Waals surface area contributed by atoms with E-state index in [0.29, 0.717) is 66.4 Å². The maximum atomic E-state index is 13.0. The molecule has 0 heterocycles. The number of ketones is 2. The summed E-state index contributed by atoms with van der Waals surface area (Å²) in [5, 5.41) is 5.37. The number of carbonyl (C=O) groups excluding carboxylic acids is 4. The second kappa shape index (κ2) is 18.8. The Morgan fingerprint density at radius 2 is 1.31 bits per heavy atom. The van der Waals surface area contributed by atoms with Gasteiger partial charge in [-0.05, 0) is 56.5 Å². The van der Waals surface area contributed by atoms with E-state index in [1.54, 1.807) is 50.6 Å². The van der Waals surface area contributed by atoms with Crippen LogP contribution in [0.1, 0.15) is 59.2 Å². The number of benzene rings is 2. The van der Waals surface area contributed by atoms with Gasteiger partial charge in [0, 0.05) is 42.4 Å². The summed E-state index contributed by atoms with van der Waals surface area (Å²) in [4.78, 5) is 50.8. The van der Waals surface area contributed by atoms with Gasteiger partial charge >= 0.3 is 0 Å². The van der Waals surface area contributed by atoms with Crippen molar-refractivity contribution in [2.75, 3.05) is 60.3 Å². The molecule has 2 aromatic rings. The zero-order valence-corrected chi connectivity index (χ0v) is 26.2. The Balaban J connectivity index is 1.84. The van der Waals surface area contributed by atoms with Gasteiger partial charge in [-0.1, -0.05) is 25.0 Å². The second-order valence-electron chi connectivity index (χ2n) is 10.9. The number of methoxy groups -OCH3 is 2. The third-order valence-electron chi connectivity index (χ3n) is 7.62. The van der Waals surface area contributed by atoms with Gasteiger partial charge in [0.05, 0.1) is 32.3 Å². The summed E-state index contributed by atoms with van der Waals surface area (Å²) in [5.41, 5.74) is 13.3. The second-order valence-corrected chi connectivity index (χ2v) is 10.9. The third-order valence-corrected chi connectivity index (χ3v) is 7.62. The summed E-state index contributed by atoms with van der Waals surface area (Å²) in [5.74, 6) is -0.306. The number of nitrogens with one attached hydrogen (secondary N) is 2. The van der Waals surface area contributed by atoms with E-state index in [9.17, 15) is 19.2 Å². The molecule has 0 saturated heterocycles. The minimum absolute atomic E-state index is 0.0327. The predicted molar refractivity (Wildman–Crippen MR) is 170 cm³/mol. The molecule has 0 aliphatic heterocycles. The van der Waals surface area contributed by atoms with Gasteiger partial charge in [-0.3, -0.25) is 19.2 Å². The molecule has 1 saturated carbocycles. The Hall–Kier alpha value is -3.84. The first kappa shape index (κ1) is 35.6. The lowest BCUT2D eigenvalue weighted by molar-refractivity contribution is -0.124. The van der Waals surface area contributed by atoms with Crippen LogP contribution in [0, 0.1) is 5.92 Å². The number of rotatable bonds is 20. The molecule has 0 bridgehead atoms. The summed E-state index contributed by atoms with van der Waals surface area (Å²) < 4.78 is 22.3. The molecule has 0 radical (unpaired) electrons. The van der Waals surface area contributed by atoms with Gasteiger partial charge < -0.3 is 41.0 Å². The number of Topliss-reactive ketones (excluding diaryl/α,β-unsaturated/α-hetero) is 2. The molecule has 1 atom stereocenters. The first-order valence-electron chi connectivity index (χ1n) is 15.4. The predicted octanol–water partition coefficient (Wildman–Crippen LogP) is 2.26. The number of nitrogens with two attached hydrogens (primary N) is 2. The van der Waals surface area contributed by atoms with Crippen molar-refractivity contribution in [2.24, 2.45) is 17.4 Å². The van der Waals surface area contributed by atoms with Crippen LogP contribution in [0.2, 0.25) is 0 Å². The Morgan fingerprint density at radius 3 is 1.80 bits per heavy atom. The molecule has 246 valence electrons. The molecule has 1 aliphatic rings. The van der Waals surface area contributed by atoms with Gasteiger partial charge in [-0.2, -0.15) is 0 Å². The van der Waals surface area contributed by atoms with Crippen LogP contribution in [0.15, 0.2) is 36.4 Å². The van der Waals surface area contributed by atoms with Crippen LogP contribution in [0.3, 0.4) is 0 Å². The normalized spacial score (nSPS) is 13.7. The van der Waals surface area contributed by atoms with E-state index in [2.05, 4.69) is 10.6 Å². The summed E-state index contributed by atoms with van der Waals surface area (Å²) in [6.45, 7) is 1.16. The summed E-state index contributed by atoms with van der Waals surface area (Å²) >= 11 is 0. The van der Waals surface area contributed by atoms with Crippen LogP contribution in [0.5, 0.6) is 11.5 Å². The maximum absolute atomic E-state index is 13.0. The molecule has 0 aromatic heterocycles. The Bertz CT molecular complexity index is 1300. The molecule has 12 heteroatoms. The first-order valence-corrected chi connectivity index (χ1v) is 15.4. The van der Waals surface area contributed by atoms with Crippen molar-refractivity contribution in [2.45, 2.75) is 44.6 Å². The van der Waals surface area contributed by atoms with E-state index >= 15 is 0 Å². The molecule has 6 N–H and O–H groups in total. The highest BCUT2D eigenvalue weighted by Gasteiger charge is 2.24. The van der Waals surface area contributed by atoms with Gasteiger partial charge in [-0.25, -0.2) is 0 Å². The van der Waals surface area contributed by atoms with Crippen LogP contribution in [0.25, 0.3) is 11.1 Å². The summed E-state index contributed by atoms with van der Waals surface area (Å²) in [6, 6.07) is 9.28. The zero-order valence-electron chi connectivity index (χ0n) is 26.2. The van der Waals surface area contributed by atoms with E-state index in [0.717, 1.165) is 25.7 Å². The number of amides is 2. The van der Waals surface area contributed by atoms with Crippen LogP contribution in [-0.2, 0) is 19.1 Å². The topological polar surface area (TPSA) is 181 Å². The fourth-order valence-electron chi connectivity index (χ4n) is 5.02. The van der Waals surface area contributed by atoms with Crippen molar-refractivity contribution in [1.29, 1.82) is 0 Å². The van der Waals surface area contributed by atoms with Gasteiger partial charge in [0.25, 0.3) is 0 Å². The van der Waals surface area contributed by atoms with Crippen molar-refractivity contribution in [3.05, 3.63) is 47.5 Å². The van der Waals surface area contributed by atoms with Crippen molar-refractivity contribution in [3.8, 4) is 22.6 Å². The van der Waals surface area contributed by atoms with Gasteiger partial charge in [0.15, 0.2) is 11.6 Å². The zero-order chi connectivity index (χ0) is 32.6. The molecule has 2 amide bonds. The molecule has 3 rings (SSSR count). The molecule has 0 spiro atoms. The average Bonchev–Trinajstić information content (AvgIpc) is 3.60.